The minimum Gasteiger partial charge on any atom is -0.541 e. The zero-order chi connectivity index (χ0) is 10.7. The van der Waals surface area contributed by atoms with Crippen molar-refractivity contribution < 1.29 is 9.16 Å². The van der Waals surface area contributed by atoms with Gasteiger partial charge in [0.15, 0.2) is 5.75 Å². The van der Waals surface area contributed by atoms with Gasteiger partial charge in [-0.05, 0) is 31.3 Å². The molecule has 80 valence electrons. The number of benzene rings is 1. The Morgan fingerprint density at radius 1 is 1.07 bits per heavy atom. The topological polar surface area (TPSA) is 18.5 Å². The summed E-state index contributed by atoms with van der Waals surface area (Å²) in [4.78, 5) is 0. The summed E-state index contributed by atoms with van der Waals surface area (Å²) in [7, 11) is -1.62. The van der Waals surface area contributed by atoms with Gasteiger partial charge in [-0.2, -0.15) is 0 Å². The Kier molecular flexibility index (Phi) is 2.82. The number of rotatable bonds is 0. The molecule has 15 heavy (non-hydrogen) atoms. The second-order valence-electron chi connectivity index (χ2n) is 4.30. The van der Waals surface area contributed by atoms with E-state index in [1.54, 1.807) is 0 Å². The van der Waals surface area contributed by atoms with Crippen LogP contribution in [0.15, 0.2) is 36.4 Å². The van der Waals surface area contributed by atoms with Crippen LogP contribution in [0, 0.1) is 0 Å². The van der Waals surface area contributed by atoms with Crippen LogP contribution in [0.3, 0.4) is 0 Å². The fourth-order valence-electron chi connectivity index (χ4n) is 1.57. The van der Waals surface area contributed by atoms with Crippen molar-refractivity contribution in [3.63, 3.8) is 0 Å². The number of fused-ring (bicyclic) bond motifs is 1. The molecule has 3 heteroatoms. The molecular weight excluding hydrogens is 204 g/mol. The average molecular weight is 220 g/mol. The first-order valence-electron chi connectivity index (χ1n) is 5.23. The average Bonchev–Trinajstić information content (AvgIpc) is 2.25. The van der Waals surface area contributed by atoms with Crippen LogP contribution in [0.1, 0.15) is 0 Å². The van der Waals surface area contributed by atoms with Gasteiger partial charge in [0.1, 0.15) is 12.4 Å². The molecule has 0 amide bonds. The molecule has 0 aromatic heterocycles. The van der Waals surface area contributed by atoms with Gasteiger partial charge in [-0.25, -0.2) is 0 Å². The van der Waals surface area contributed by atoms with Crippen molar-refractivity contribution in [2.24, 2.45) is 0 Å². The summed E-state index contributed by atoms with van der Waals surface area (Å²) < 4.78 is 11.7. The molecule has 0 unspecified atom stereocenters. The zero-order valence-corrected chi connectivity index (χ0v) is 10.2. The number of hydrogen-bond donors (Lipinski definition) is 0. The maximum atomic E-state index is 6.07. The Morgan fingerprint density at radius 2 is 1.80 bits per heavy atom. The Labute approximate surface area is 91.7 Å². The molecule has 0 saturated carbocycles. The Morgan fingerprint density at radius 3 is 2.60 bits per heavy atom. The van der Waals surface area contributed by atoms with Gasteiger partial charge in [-0.15, -0.1) is 0 Å². The number of hydrogen-bond acceptors (Lipinski definition) is 2. The largest absolute Gasteiger partial charge is 0.541 e. The van der Waals surface area contributed by atoms with Crippen LogP contribution in [0.5, 0.6) is 11.5 Å². The highest BCUT2D eigenvalue weighted by atomic mass is 28.4. The molecule has 0 atom stereocenters. The highest BCUT2D eigenvalue weighted by Crippen LogP contribution is 2.30. The molecule has 0 aliphatic carbocycles. The van der Waals surface area contributed by atoms with Gasteiger partial charge >= 0.3 is 0 Å². The highest BCUT2D eigenvalue weighted by Gasteiger charge is 2.24. The normalized spacial score (nSPS) is 20.9. The second-order valence-corrected chi connectivity index (χ2v) is 8.43. The van der Waals surface area contributed by atoms with E-state index in [-0.39, 0.29) is 0 Å². The molecule has 1 aromatic carbocycles. The summed E-state index contributed by atoms with van der Waals surface area (Å²) >= 11 is 0. The van der Waals surface area contributed by atoms with E-state index in [1.165, 1.54) is 0 Å². The number of allylic oxidation sites excluding steroid dienone is 1. The van der Waals surface area contributed by atoms with E-state index in [1.807, 2.05) is 24.3 Å². The van der Waals surface area contributed by atoms with E-state index in [0.29, 0.717) is 6.61 Å². The molecule has 0 saturated heterocycles. The van der Waals surface area contributed by atoms with Crippen molar-refractivity contribution in [2.45, 2.75) is 19.1 Å². The number of ether oxygens (including phenoxy) is 1. The third-order valence-electron chi connectivity index (χ3n) is 2.35. The van der Waals surface area contributed by atoms with E-state index in [9.17, 15) is 0 Å². The van der Waals surface area contributed by atoms with Crippen molar-refractivity contribution >= 4 is 8.32 Å². The molecule has 0 N–H and O–H groups in total. The number of para-hydroxylation sites is 2. The predicted molar refractivity (Wildman–Crippen MR) is 64.0 cm³/mol. The molecule has 0 radical (unpaired) electrons. The SMILES string of the molecule is C[Si]1(C)C/C=C\COc2ccccc2O1. The minimum absolute atomic E-state index is 0.630. The van der Waals surface area contributed by atoms with E-state index in [0.717, 1.165) is 17.5 Å². The summed E-state index contributed by atoms with van der Waals surface area (Å²) in [5, 5.41) is 0. The molecule has 0 spiro atoms. The fourth-order valence-corrected chi connectivity index (χ4v) is 3.15. The summed E-state index contributed by atoms with van der Waals surface area (Å²) in [5.41, 5.74) is 0. The van der Waals surface area contributed by atoms with Gasteiger partial charge in [-0.3, -0.25) is 0 Å². The van der Waals surface area contributed by atoms with Crippen LogP contribution in [0.2, 0.25) is 19.1 Å². The van der Waals surface area contributed by atoms with Crippen LogP contribution in [0.4, 0.5) is 0 Å². The van der Waals surface area contributed by atoms with E-state index in [2.05, 4.69) is 25.2 Å². The smallest absolute Gasteiger partial charge is 0.249 e. The molecule has 1 heterocycles. The predicted octanol–water partition coefficient (Wildman–Crippen LogP) is 3.22. The standard InChI is InChI=1S/C12H16O2Si/c1-15(2)10-6-5-9-13-11-7-3-4-8-12(11)14-15/h3-8H,9-10H2,1-2H3/b6-5-. The van der Waals surface area contributed by atoms with Gasteiger partial charge in [0.25, 0.3) is 0 Å². The first-order valence-corrected chi connectivity index (χ1v) is 8.35. The van der Waals surface area contributed by atoms with E-state index in [4.69, 9.17) is 9.16 Å². The van der Waals surface area contributed by atoms with E-state index < -0.39 is 8.32 Å². The molecular formula is C12H16O2Si. The van der Waals surface area contributed by atoms with Gasteiger partial charge in [-0.1, -0.05) is 24.3 Å². The summed E-state index contributed by atoms with van der Waals surface area (Å²) in [5.74, 6) is 1.74. The van der Waals surface area contributed by atoms with Crippen LogP contribution < -0.4 is 9.16 Å². The lowest BCUT2D eigenvalue weighted by Gasteiger charge is -2.23. The van der Waals surface area contributed by atoms with E-state index >= 15 is 0 Å². The minimum atomic E-state index is -1.62. The third-order valence-corrected chi connectivity index (χ3v) is 4.34. The van der Waals surface area contributed by atoms with Crippen molar-refractivity contribution in [3.05, 3.63) is 36.4 Å². The summed E-state index contributed by atoms with van der Waals surface area (Å²) in [6.07, 6.45) is 4.23. The molecule has 1 aromatic rings. The lowest BCUT2D eigenvalue weighted by atomic mass is 10.3. The van der Waals surface area contributed by atoms with Gasteiger partial charge in [0, 0.05) is 0 Å². The van der Waals surface area contributed by atoms with Crippen LogP contribution in [-0.4, -0.2) is 14.9 Å². The monoisotopic (exact) mass is 220 g/mol. The van der Waals surface area contributed by atoms with Gasteiger partial charge < -0.3 is 9.16 Å². The molecule has 2 rings (SSSR count). The van der Waals surface area contributed by atoms with Crippen LogP contribution in [-0.2, 0) is 0 Å². The van der Waals surface area contributed by atoms with Gasteiger partial charge in [0.2, 0.25) is 8.32 Å². The maximum Gasteiger partial charge on any atom is 0.249 e. The Balaban J connectivity index is 2.33. The Hall–Kier alpha value is -1.22. The van der Waals surface area contributed by atoms with Crippen molar-refractivity contribution in [3.8, 4) is 11.5 Å². The Bertz CT molecular complexity index is 372. The van der Waals surface area contributed by atoms with Crippen molar-refractivity contribution in [1.82, 2.24) is 0 Å². The zero-order valence-electron chi connectivity index (χ0n) is 9.19. The fraction of sp³-hybridized carbons (Fsp3) is 0.333. The van der Waals surface area contributed by atoms with Crippen LogP contribution in [0.25, 0.3) is 0 Å². The third kappa shape index (κ3) is 2.62. The molecule has 0 fully saturated rings. The molecule has 2 nitrogen and oxygen atoms in total. The van der Waals surface area contributed by atoms with Crippen molar-refractivity contribution in [2.75, 3.05) is 6.61 Å². The summed E-state index contributed by atoms with van der Waals surface area (Å²) in [6, 6.07) is 8.93. The van der Waals surface area contributed by atoms with Crippen molar-refractivity contribution in [1.29, 1.82) is 0 Å². The lowest BCUT2D eigenvalue weighted by molar-refractivity contribution is 0.349. The highest BCUT2D eigenvalue weighted by molar-refractivity contribution is 6.72. The second kappa shape index (κ2) is 4.11. The van der Waals surface area contributed by atoms with Crippen LogP contribution >= 0.6 is 0 Å². The summed E-state index contributed by atoms with van der Waals surface area (Å²) in [6.45, 7) is 5.07. The first-order chi connectivity index (χ1) is 7.17. The molecule has 1 aliphatic rings. The molecule has 0 bridgehead atoms. The lowest BCUT2D eigenvalue weighted by Crippen LogP contribution is -2.33. The quantitative estimate of drug-likeness (QED) is 0.494. The first kappa shape index (κ1) is 10.3. The van der Waals surface area contributed by atoms with Gasteiger partial charge in [0.05, 0.1) is 0 Å². The molecule has 1 aliphatic heterocycles. The maximum absolute atomic E-state index is 6.07.